The minimum Gasteiger partial charge on any atom is -0.379 e. The van der Waals surface area contributed by atoms with Gasteiger partial charge in [0.1, 0.15) is 5.25 Å². The van der Waals surface area contributed by atoms with Crippen LogP contribution in [0.25, 0.3) is 0 Å². The Hall–Kier alpha value is -0.910. The molecule has 1 aliphatic heterocycles. The van der Waals surface area contributed by atoms with Crippen molar-refractivity contribution in [2.24, 2.45) is 0 Å². The van der Waals surface area contributed by atoms with Crippen molar-refractivity contribution < 1.29 is 13.2 Å². The Balaban J connectivity index is 2.30. The summed E-state index contributed by atoms with van der Waals surface area (Å²) < 4.78 is 29.6. The summed E-state index contributed by atoms with van der Waals surface area (Å²) in [6.45, 7) is 1.42. The predicted molar refractivity (Wildman–Crippen MR) is 65.9 cm³/mol. The molecule has 0 unspecified atom stereocenters. The highest BCUT2D eigenvalue weighted by Crippen LogP contribution is 2.24. The number of sulfone groups is 1. The maximum Gasteiger partial charge on any atom is 0.186 e. The fourth-order valence-electron chi connectivity index (χ4n) is 1.82. The van der Waals surface area contributed by atoms with Gasteiger partial charge in [0, 0.05) is 0 Å². The van der Waals surface area contributed by atoms with Gasteiger partial charge in [0.25, 0.3) is 0 Å². The van der Waals surface area contributed by atoms with Crippen LogP contribution in [-0.4, -0.2) is 40.5 Å². The molecule has 0 radical (unpaired) electrons. The van der Waals surface area contributed by atoms with Crippen molar-refractivity contribution in [1.29, 1.82) is 0 Å². The molecule has 1 aromatic rings. The van der Waals surface area contributed by atoms with Gasteiger partial charge in [-0.05, 0) is 31.6 Å². The standard InChI is InChI=1S/C12H17NO3S/c1-13-7-6-10-4-2-3-5-12(10)17(14,15)11-8-16-9-11/h2-5,11,13H,6-9H2,1H3. The van der Waals surface area contributed by atoms with Crippen molar-refractivity contribution in [3.8, 4) is 0 Å². The molecule has 4 nitrogen and oxygen atoms in total. The van der Waals surface area contributed by atoms with Crippen LogP contribution in [0.1, 0.15) is 5.56 Å². The summed E-state index contributed by atoms with van der Waals surface area (Å²) >= 11 is 0. The van der Waals surface area contributed by atoms with E-state index in [1.807, 2.05) is 19.2 Å². The Kier molecular flexibility index (Phi) is 3.81. The first-order valence-electron chi connectivity index (χ1n) is 5.70. The highest BCUT2D eigenvalue weighted by atomic mass is 32.2. The molecule has 1 aromatic carbocycles. The maximum atomic E-state index is 12.3. The fourth-order valence-corrected chi connectivity index (χ4v) is 3.53. The quantitative estimate of drug-likeness (QED) is 0.838. The zero-order valence-corrected chi connectivity index (χ0v) is 10.7. The maximum absolute atomic E-state index is 12.3. The Morgan fingerprint density at radius 2 is 2.06 bits per heavy atom. The second-order valence-electron chi connectivity index (χ2n) is 4.17. The number of ether oxygens (including phenoxy) is 1. The van der Waals surface area contributed by atoms with Gasteiger partial charge >= 0.3 is 0 Å². The number of hydrogen-bond acceptors (Lipinski definition) is 4. The highest BCUT2D eigenvalue weighted by Gasteiger charge is 2.34. The summed E-state index contributed by atoms with van der Waals surface area (Å²) in [7, 11) is -1.36. The SMILES string of the molecule is CNCCc1ccccc1S(=O)(=O)C1COC1. The first-order chi connectivity index (χ1) is 8.16. The van der Waals surface area contributed by atoms with Gasteiger partial charge in [0.2, 0.25) is 0 Å². The van der Waals surface area contributed by atoms with Crippen LogP contribution < -0.4 is 5.32 Å². The number of nitrogens with one attached hydrogen (secondary N) is 1. The highest BCUT2D eigenvalue weighted by molar-refractivity contribution is 7.92. The van der Waals surface area contributed by atoms with Gasteiger partial charge in [-0.25, -0.2) is 8.42 Å². The van der Waals surface area contributed by atoms with Gasteiger partial charge in [-0.3, -0.25) is 0 Å². The van der Waals surface area contributed by atoms with Gasteiger partial charge < -0.3 is 10.1 Å². The third kappa shape index (κ3) is 2.51. The predicted octanol–water partition coefficient (Wildman–Crippen LogP) is 0.621. The number of rotatable bonds is 5. The molecule has 17 heavy (non-hydrogen) atoms. The summed E-state index contributed by atoms with van der Waals surface area (Å²) in [5, 5.41) is 2.67. The molecule has 1 heterocycles. The third-order valence-corrected chi connectivity index (χ3v) is 5.13. The van der Waals surface area contributed by atoms with Crippen LogP contribution in [0.3, 0.4) is 0 Å². The first kappa shape index (κ1) is 12.5. The number of hydrogen-bond donors (Lipinski definition) is 1. The molecule has 0 aromatic heterocycles. The Morgan fingerprint density at radius 3 is 2.65 bits per heavy atom. The lowest BCUT2D eigenvalue weighted by Gasteiger charge is -2.26. The Labute approximate surface area is 102 Å². The van der Waals surface area contributed by atoms with Crippen molar-refractivity contribution in [1.82, 2.24) is 5.32 Å². The van der Waals surface area contributed by atoms with Crippen molar-refractivity contribution in [2.45, 2.75) is 16.6 Å². The van der Waals surface area contributed by atoms with E-state index in [4.69, 9.17) is 4.74 Å². The van der Waals surface area contributed by atoms with E-state index < -0.39 is 9.84 Å². The van der Waals surface area contributed by atoms with Gasteiger partial charge in [-0.2, -0.15) is 0 Å². The smallest absolute Gasteiger partial charge is 0.186 e. The molecule has 1 fully saturated rings. The molecule has 1 aliphatic rings. The van der Waals surface area contributed by atoms with Crippen molar-refractivity contribution in [3.63, 3.8) is 0 Å². The third-order valence-electron chi connectivity index (χ3n) is 2.97. The lowest BCUT2D eigenvalue weighted by Crippen LogP contribution is -2.41. The molecule has 1 N–H and O–H groups in total. The summed E-state index contributed by atoms with van der Waals surface area (Å²) in [6.07, 6.45) is 0.722. The van der Waals surface area contributed by atoms with Crippen LogP contribution in [0, 0.1) is 0 Å². The van der Waals surface area contributed by atoms with Crippen LogP contribution >= 0.6 is 0 Å². The lowest BCUT2D eigenvalue weighted by molar-refractivity contribution is 0.0416. The molecule has 0 aliphatic carbocycles. The normalized spacial score (nSPS) is 16.8. The Morgan fingerprint density at radius 1 is 1.35 bits per heavy atom. The zero-order chi connectivity index (χ0) is 12.3. The van der Waals surface area contributed by atoms with Crippen molar-refractivity contribution in [3.05, 3.63) is 29.8 Å². The average molecular weight is 255 g/mol. The van der Waals surface area contributed by atoms with Crippen LogP contribution in [0.2, 0.25) is 0 Å². The summed E-state index contributed by atoms with van der Waals surface area (Å²) in [4.78, 5) is 0.462. The minimum absolute atomic E-state index is 0.322. The van der Waals surface area contributed by atoms with Crippen molar-refractivity contribution >= 4 is 9.84 Å². The summed E-state index contributed by atoms with van der Waals surface area (Å²) in [5.74, 6) is 0. The van der Waals surface area contributed by atoms with E-state index in [-0.39, 0.29) is 5.25 Å². The fraction of sp³-hybridized carbons (Fsp3) is 0.500. The van der Waals surface area contributed by atoms with E-state index in [9.17, 15) is 8.42 Å². The van der Waals surface area contributed by atoms with Crippen molar-refractivity contribution in [2.75, 3.05) is 26.8 Å². The number of likely N-dealkylation sites (N-methyl/N-ethyl adjacent to an activating group) is 1. The second kappa shape index (κ2) is 5.16. The van der Waals surface area contributed by atoms with Gasteiger partial charge in [-0.15, -0.1) is 0 Å². The number of benzene rings is 1. The molecule has 0 amide bonds. The molecule has 0 spiro atoms. The van der Waals surface area contributed by atoms with E-state index in [0.717, 1.165) is 18.5 Å². The van der Waals surface area contributed by atoms with Crippen LogP contribution in [0.15, 0.2) is 29.2 Å². The topological polar surface area (TPSA) is 55.4 Å². The average Bonchev–Trinajstić information content (AvgIpc) is 2.23. The first-order valence-corrected chi connectivity index (χ1v) is 7.25. The van der Waals surface area contributed by atoms with E-state index in [1.54, 1.807) is 12.1 Å². The van der Waals surface area contributed by atoms with E-state index in [2.05, 4.69) is 5.32 Å². The second-order valence-corrected chi connectivity index (χ2v) is 6.36. The summed E-state index contributed by atoms with van der Waals surface area (Å²) in [6, 6.07) is 7.22. The Bertz CT molecular complexity index is 480. The molecule has 0 atom stereocenters. The van der Waals surface area contributed by atoms with E-state index in [0.29, 0.717) is 18.1 Å². The molecule has 0 saturated carbocycles. The lowest BCUT2D eigenvalue weighted by atomic mass is 10.1. The minimum atomic E-state index is -3.22. The van der Waals surface area contributed by atoms with Crippen LogP contribution in [0.4, 0.5) is 0 Å². The zero-order valence-electron chi connectivity index (χ0n) is 9.85. The summed E-state index contributed by atoms with van der Waals surface area (Å²) in [5.41, 5.74) is 0.883. The molecular weight excluding hydrogens is 238 g/mol. The van der Waals surface area contributed by atoms with E-state index >= 15 is 0 Å². The van der Waals surface area contributed by atoms with Gasteiger partial charge in [0.05, 0.1) is 18.1 Å². The molecule has 1 saturated heterocycles. The monoisotopic (exact) mass is 255 g/mol. The van der Waals surface area contributed by atoms with E-state index in [1.165, 1.54) is 0 Å². The molecule has 0 bridgehead atoms. The van der Waals surface area contributed by atoms with Gasteiger partial charge in [0.15, 0.2) is 9.84 Å². The molecule has 5 heteroatoms. The van der Waals surface area contributed by atoms with Crippen LogP contribution in [0.5, 0.6) is 0 Å². The van der Waals surface area contributed by atoms with Crippen LogP contribution in [-0.2, 0) is 21.0 Å². The largest absolute Gasteiger partial charge is 0.379 e. The molecule has 2 rings (SSSR count). The van der Waals surface area contributed by atoms with Gasteiger partial charge in [-0.1, -0.05) is 18.2 Å². The molecular formula is C12H17NO3S. The molecule has 94 valence electrons.